The van der Waals surface area contributed by atoms with Crippen molar-refractivity contribution in [1.82, 2.24) is 5.32 Å². The molecule has 1 amide bonds. The Kier molecular flexibility index (Phi) is 6.75. The number of benzene rings is 1. The molecule has 0 spiro atoms. The summed E-state index contributed by atoms with van der Waals surface area (Å²) in [6.45, 7) is 2.10. The van der Waals surface area contributed by atoms with Crippen molar-refractivity contribution in [2.75, 3.05) is 7.11 Å². The maximum atomic E-state index is 12.1. The molecule has 1 aliphatic carbocycles. The lowest BCUT2D eigenvalue weighted by Crippen LogP contribution is -2.34. The number of carbonyl (C=O) groups is 1. The van der Waals surface area contributed by atoms with Gasteiger partial charge in [-0.3, -0.25) is 4.79 Å². The Morgan fingerprint density at radius 2 is 1.95 bits per heavy atom. The van der Waals surface area contributed by atoms with Crippen LogP contribution < -0.4 is 10.1 Å². The minimum absolute atomic E-state index is 0.220. The fraction of sp³-hybridized carbons (Fsp3) is 0.632. The van der Waals surface area contributed by atoms with Gasteiger partial charge in [-0.05, 0) is 55.9 Å². The Labute approximate surface area is 134 Å². The van der Waals surface area contributed by atoms with Crippen molar-refractivity contribution in [3.63, 3.8) is 0 Å². The minimum Gasteiger partial charge on any atom is -0.497 e. The molecule has 2 rings (SSSR count). The predicted molar refractivity (Wildman–Crippen MR) is 90.3 cm³/mol. The summed E-state index contributed by atoms with van der Waals surface area (Å²) in [4.78, 5) is 12.1. The SMILES string of the molecule is COc1ccc(CCCC(=O)NC2CCCCCC2)c(C)c1. The van der Waals surface area contributed by atoms with Crippen LogP contribution in [0.1, 0.15) is 62.5 Å². The number of ether oxygens (including phenoxy) is 1. The molecule has 1 aromatic carbocycles. The monoisotopic (exact) mass is 303 g/mol. The first kappa shape index (κ1) is 16.9. The summed E-state index contributed by atoms with van der Waals surface area (Å²) >= 11 is 0. The Hall–Kier alpha value is -1.51. The zero-order valence-electron chi connectivity index (χ0n) is 14.0. The summed E-state index contributed by atoms with van der Waals surface area (Å²) in [6, 6.07) is 6.57. The number of methoxy groups -OCH3 is 1. The first-order valence-corrected chi connectivity index (χ1v) is 8.62. The molecule has 22 heavy (non-hydrogen) atoms. The van der Waals surface area contributed by atoms with Crippen LogP contribution in [0.3, 0.4) is 0 Å². The summed E-state index contributed by atoms with van der Waals surface area (Å²) < 4.78 is 5.22. The van der Waals surface area contributed by atoms with E-state index in [4.69, 9.17) is 4.74 Å². The second-order valence-corrected chi connectivity index (χ2v) is 6.40. The zero-order valence-corrected chi connectivity index (χ0v) is 14.0. The molecule has 122 valence electrons. The van der Waals surface area contributed by atoms with Crippen molar-refractivity contribution in [1.29, 1.82) is 0 Å². The fourth-order valence-electron chi connectivity index (χ4n) is 3.24. The van der Waals surface area contributed by atoms with Crippen molar-refractivity contribution in [3.05, 3.63) is 29.3 Å². The van der Waals surface area contributed by atoms with Gasteiger partial charge in [-0.25, -0.2) is 0 Å². The average Bonchev–Trinajstić information content (AvgIpc) is 2.77. The highest BCUT2D eigenvalue weighted by molar-refractivity contribution is 5.76. The van der Waals surface area contributed by atoms with E-state index in [1.54, 1.807) is 7.11 Å². The van der Waals surface area contributed by atoms with Gasteiger partial charge in [0, 0.05) is 12.5 Å². The Morgan fingerprint density at radius 1 is 1.23 bits per heavy atom. The smallest absolute Gasteiger partial charge is 0.220 e. The van der Waals surface area contributed by atoms with Gasteiger partial charge in [0.1, 0.15) is 5.75 Å². The summed E-state index contributed by atoms with van der Waals surface area (Å²) in [5, 5.41) is 3.22. The molecule has 0 saturated heterocycles. The van der Waals surface area contributed by atoms with Gasteiger partial charge in [0.25, 0.3) is 0 Å². The van der Waals surface area contributed by atoms with Crippen molar-refractivity contribution in [2.45, 2.75) is 70.8 Å². The third kappa shape index (κ3) is 5.36. The van der Waals surface area contributed by atoms with Gasteiger partial charge in [0.05, 0.1) is 7.11 Å². The Bertz CT molecular complexity index is 476. The van der Waals surface area contributed by atoms with Gasteiger partial charge in [0.2, 0.25) is 5.91 Å². The largest absolute Gasteiger partial charge is 0.497 e. The fourth-order valence-corrected chi connectivity index (χ4v) is 3.24. The topological polar surface area (TPSA) is 38.3 Å². The number of amides is 1. The van der Waals surface area contributed by atoms with E-state index in [1.807, 2.05) is 6.07 Å². The van der Waals surface area contributed by atoms with Crippen LogP contribution in [0, 0.1) is 6.92 Å². The Morgan fingerprint density at radius 3 is 2.59 bits per heavy atom. The van der Waals surface area contributed by atoms with Gasteiger partial charge in [0.15, 0.2) is 0 Å². The number of hydrogen-bond donors (Lipinski definition) is 1. The third-order valence-electron chi connectivity index (χ3n) is 4.62. The van der Waals surface area contributed by atoms with Crippen molar-refractivity contribution >= 4 is 5.91 Å². The van der Waals surface area contributed by atoms with Crippen LogP contribution in [0.2, 0.25) is 0 Å². The highest BCUT2D eigenvalue weighted by atomic mass is 16.5. The zero-order chi connectivity index (χ0) is 15.8. The van der Waals surface area contributed by atoms with Crippen molar-refractivity contribution in [2.24, 2.45) is 0 Å². The van der Waals surface area contributed by atoms with E-state index >= 15 is 0 Å². The van der Waals surface area contributed by atoms with Crippen LogP contribution >= 0.6 is 0 Å². The van der Waals surface area contributed by atoms with Crippen LogP contribution in [-0.4, -0.2) is 19.1 Å². The van der Waals surface area contributed by atoms with Crippen LogP contribution in [0.5, 0.6) is 5.75 Å². The van der Waals surface area contributed by atoms with Crippen LogP contribution in [0.25, 0.3) is 0 Å². The van der Waals surface area contributed by atoms with Gasteiger partial charge >= 0.3 is 0 Å². The van der Waals surface area contributed by atoms with Crippen molar-refractivity contribution in [3.8, 4) is 5.75 Å². The second-order valence-electron chi connectivity index (χ2n) is 6.40. The summed E-state index contributed by atoms with van der Waals surface area (Å²) in [7, 11) is 1.69. The molecule has 1 N–H and O–H groups in total. The minimum atomic E-state index is 0.220. The molecular formula is C19H29NO2. The van der Waals surface area contributed by atoms with E-state index in [0.29, 0.717) is 12.5 Å². The first-order valence-electron chi connectivity index (χ1n) is 8.62. The highest BCUT2D eigenvalue weighted by Crippen LogP contribution is 2.19. The molecule has 1 fully saturated rings. The summed E-state index contributed by atoms with van der Waals surface area (Å²) in [6.07, 6.45) is 9.96. The molecule has 3 nitrogen and oxygen atoms in total. The molecule has 0 unspecified atom stereocenters. The van der Waals surface area contributed by atoms with E-state index in [-0.39, 0.29) is 5.91 Å². The number of aryl methyl sites for hydroxylation is 2. The normalized spacial score (nSPS) is 16.1. The molecule has 0 bridgehead atoms. The summed E-state index contributed by atoms with van der Waals surface area (Å²) in [5.74, 6) is 1.12. The highest BCUT2D eigenvalue weighted by Gasteiger charge is 2.14. The third-order valence-corrected chi connectivity index (χ3v) is 4.62. The number of nitrogens with one attached hydrogen (secondary N) is 1. The molecule has 0 aromatic heterocycles. The van der Waals surface area contributed by atoms with E-state index in [0.717, 1.165) is 31.4 Å². The lowest BCUT2D eigenvalue weighted by Gasteiger charge is -2.16. The van der Waals surface area contributed by atoms with Crippen LogP contribution in [-0.2, 0) is 11.2 Å². The van der Waals surface area contributed by atoms with Gasteiger partial charge in [-0.1, -0.05) is 31.7 Å². The lowest BCUT2D eigenvalue weighted by atomic mass is 10.0. The number of carbonyl (C=O) groups excluding carboxylic acids is 1. The van der Waals surface area contributed by atoms with E-state index in [9.17, 15) is 4.79 Å². The number of rotatable bonds is 6. The average molecular weight is 303 g/mol. The second kappa shape index (κ2) is 8.82. The Balaban J connectivity index is 1.72. The van der Waals surface area contributed by atoms with Gasteiger partial charge in [-0.2, -0.15) is 0 Å². The van der Waals surface area contributed by atoms with E-state index in [2.05, 4.69) is 24.4 Å². The van der Waals surface area contributed by atoms with Gasteiger partial charge < -0.3 is 10.1 Å². The van der Waals surface area contributed by atoms with Gasteiger partial charge in [-0.15, -0.1) is 0 Å². The molecular weight excluding hydrogens is 274 g/mol. The lowest BCUT2D eigenvalue weighted by molar-refractivity contribution is -0.121. The molecule has 1 saturated carbocycles. The standard InChI is InChI=1S/C19H29NO2/c1-15-14-18(22-2)13-12-16(15)8-7-11-19(21)20-17-9-5-3-4-6-10-17/h12-14,17H,3-11H2,1-2H3,(H,20,21). The van der Waals surface area contributed by atoms with Crippen LogP contribution in [0.4, 0.5) is 0 Å². The molecule has 0 atom stereocenters. The maximum Gasteiger partial charge on any atom is 0.220 e. The quantitative estimate of drug-likeness (QED) is 0.801. The molecule has 0 heterocycles. The number of hydrogen-bond acceptors (Lipinski definition) is 2. The molecule has 0 aliphatic heterocycles. The molecule has 1 aromatic rings. The molecule has 0 radical (unpaired) electrons. The predicted octanol–water partition coefficient (Wildman–Crippen LogP) is 4.17. The van der Waals surface area contributed by atoms with E-state index < -0.39 is 0 Å². The molecule has 1 aliphatic rings. The summed E-state index contributed by atoms with van der Waals surface area (Å²) in [5.41, 5.74) is 2.55. The maximum absolute atomic E-state index is 12.1. The van der Waals surface area contributed by atoms with Crippen molar-refractivity contribution < 1.29 is 9.53 Å². The van der Waals surface area contributed by atoms with Crippen LogP contribution in [0.15, 0.2) is 18.2 Å². The first-order chi connectivity index (χ1) is 10.7. The molecule has 3 heteroatoms. The van der Waals surface area contributed by atoms with E-state index in [1.165, 1.54) is 36.8 Å².